The van der Waals surface area contributed by atoms with E-state index < -0.39 is 0 Å². The summed E-state index contributed by atoms with van der Waals surface area (Å²) in [7, 11) is 0. The van der Waals surface area contributed by atoms with E-state index in [1.54, 1.807) is 18.6 Å². The molecule has 27 heavy (non-hydrogen) atoms. The fourth-order valence-electron chi connectivity index (χ4n) is 3.58. The Morgan fingerprint density at radius 2 is 1.89 bits per heavy atom. The predicted molar refractivity (Wildman–Crippen MR) is 95.6 cm³/mol. The van der Waals surface area contributed by atoms with E-state index in [9.17, 15) is 4.79 Å². The number of piperidine rings is 1. The van der Waals surface area contributed by atoms with Crippen LogP contribution < -0.4 is 0 Å². The average Bonchev–Trinajstić information content (AvgIpc) is 3.44. The van der Waals surface area contributed by atoms with Crippen molar-refractivity contribution in [2.75, 3.05) is 13.1 Å². The van der Waals surface area contributed by atoms with Gasteiger partial charge in [0.1, 0.15) is 18.9 Å². The molecule has 3 aromatic heterocycles. The van der Waals surface area contributed by atoms with Gasteiger partial charge in [0.25, 0.3) is 0 Å². The van der Waals surface area contributed by atoms with Crippen molar-refractivity contribution in [3.63, 3.8) is 0 Å². The first-order valence-electron chi connectivity index (χ1n) is 9.26. The molecule has 0 aromatic carbocycles. The second kappa shape index (κ2) is 7.68. The zero-order chi connectivity index (χ0) is 18.6. The SMILES string of the molecule is CCn1c(Cn2cccn2)nnc1C1CCN(C(=O)Cn2nccn2)CC1. The smallest absolute Gasteiger partial charge is 0.246 e. The van der Waals surface area contributed by atoms with E-state index >= 15 is 0 Å². The van der Waals surface area contributed by atoms with Crippen molar-refractivity contribution in [2.45, 2.75) is 45.3 Å². The third-order valence-corrected chi connectivity index (χ3v) is 4.99. The van der Waals surface area contributed by atoms with E-state index in [2.05, 4.69) is 37.0 Å². The van der Waals surface area contributed by atoms with E-state index in [0.29, 0.717) is 12.5 Å². The first-order chi connectivity index (χ1) is 13.2. The molecule has 10 heteroatoms. The monoisotopic (exact) mass is 369 g/mol. The number of aromatic nitrogens is 8. The van der Waals surface area contributed by atoms with Gasteiger partial charge in [-0.3, -0.25) is 9.48 Å². The van der Waals surface area contributed by atoms with Gasteiger partial charge in [0, 0.05) is 37.9 Å². The molecule has 0 aliphatic carbocycles. The zero-order valence-electron chi connectivity index (χ0n) is 15.3. The molecule has 0 unspecified atom stereocenters. The van der Waals surface area contributed by atoms with Crippen molar-refractivity contribution >= 4 is 5.91 Å². The van der Waals surface area contributed by atoms with Gasteiger partial charge in [0.15, 0.2) is 5.82 Å². The van der Waals surface area contributed by atoms with Crippen LogP contribution in [-0.4, -0.2) is 63.4 Å². The largest absolute Gasteiger partial charge is 0.341 e. The van der Waals surface area contributed by atoms with Crippen LogP contribution in [0, 0.1) is 0 Å². The number of nitrogens with zero attached hydrogens (tertiary/aromatic N) is 9. The van der Waals surface area contributed by atoms with E-state index in [-0.39, 0.29) is 12.5 Å². The molecule has 3 aromatic rings. The van der Waals surface area contributed by atoms with Gasteiger partial charge in [-0.15, -0.1) is 10.2 Å². The van der Waals surface area contributed by atoms with Gasteiger partial charge in [-0.25, -0.2) is 0 Å². The molecular formula is C17H23N9O. The van der Waals surface area contributed by atoms with Crippen LogP contribution in [0.5, 0.6) is 0 Å². The van der Waals surface area contributed by atoms with Crippen LogP contribution in [0.15, 0.2) is 30.9 Å². The summed E-state index contributed by atoms with van der Waals surface area (Å²) >= 11 is 0. The molecule has 0 spiro atoms. The summed E-state index contributed by atoms with van der Waals surface area (Å²) in [6.45, 7) is 5.17. The lowest BCUT2D eigenvalue weighted by Crippen LogP contribution is -2.40. The van der Waals surface area contributed by atoms with Crippen LogP contribution in [0.4, 0.5) is 0 Å². The molecule has 4 rings (SSSR count). The van der Waals surface area contributed by atoms with Gasteiger partial charge < -0.3 is 9.47 Å². The lowest BCUT2D eigenvalue weighted by molar-refractivity contribution is -0.133. The molecule has 0 atom stereocenters. The summed E-state index contributed by atoms with van der Waals surface area (Å²) in [6, 6.07) is 1.90. The van der Waals surface area contributed by atoms with Gasteiger partial charge in [0.05, 0.1) is 12.4 Å². The highest BCUT2D eigenvalue weighted by atomic mass is 16.2. The standard InChI is InChI=1S/C17H23N9O/c1-2-25-15(12-24-9-3-6-18-24)21-22-17(25)14-4-10-23(11-5-14)16(27)13-26-19-7-8-20-26/h3,6-9,14H,2,4-5,10-13H2,1H3. The Balaban J connectivity index is 1.39. The highest BCUT2D eigenvalue weighted by Gasteiger charge is 2.28. The second-order valence-electron chi connectivity index (χ2n) is 6.64. The lowest BCUT2D eigenvalue weighted by atomic mass is 9.95. The van der Waals surface area contributed by atoms with Crippen molar-refractivity contribution < 1.29 is 4.79 Å². The summed E-state index contributed by atoms with van der Waals surface area (Å²) in [4.78, 5) is 15.7. The Hall–Kier alpha value is -3.04. The summed E-state index contributed by atoms with van der Waals surface area (Å²) in [5, 5.41) is 21.1. The quantitative estimate of drug-likeness (QED) is 0.629. The molecule has 10 nitrogen and oxygen atoms in total. The number of hydrogen-bond acceptors (Lipinski definition) is 6. The molecule has 1 aliphatic rings. The van der Waals surface area contributed by atoms with Crippen LogP contribution in [0.25, 0.3) is 0 Å². The Morgan fingerprint density at radius 3 is 2.56 bits per heavy atom. The molecule has 142 valence electrons. The van der Waals surface area contributed by atoms with Gasteiger partial charge in [-0.2, -0.15) is 20.1 Å². The van der Waals surface area contributed by atoms with Crippen LogP contribution in [-0.2, 0) is 24.4 Å². The van der Waals surface area contributed by atoms with Crippen LogP contribution >= 0.6 is 0 Å². The molecule has 1 fully saturated rings. The number of amides is 1. The van der Waals surface area contributed by atoms with Crippen molar-refractivity contribution in [3.8, 4) is 0 Å². The number of rotatable bonds is 6. The number of carbonyl (C=O) groups is 1. The van der Waals surface area contributed by atoms with Gasteiger partial charge in [-0.1, -0.05) is 0 Å². The fraction of sp³-hybridized carbons (Fsp3) is 0.529. The Bertz CT molecular complexity index is 861. The summed E-state index contributed by atoms with van der Waals surface area (Å²) in [6.07, 6.45) is 8.62. The third kappa shape index (κ3) is 3.74. The molecule has 0 radical (unpaired) electrons. The van der Waals surface area contributed by atoms with E-state index in [0.717, 1.165) is 44.1 Å². The van der Waals surface area contributed by atoms with Crippen molar-refractivity contribution in [3.05, 3.63) is 42.5 Å². The summed E-state index contributed by atoms with van der Waals surface area (Å²) in [5.74, 6) is 2.30. The van der Waals surface area contributed by atoms with Crippen molar-refractivity contribution in [2.24, 2.45) is 0 Å². The Kier molecular flexibility index (Phi) is 4.95. The lowest BCUT2D eigenvalue weighted by Gasteiger charge is -2.31. The van der Waals surface area contributed by atoms with Crippen LogP contribution in [0.2, 0.25) is 0 Å². The highest BCUT2D eigenvalue weighted by Crippen LogP contribution is 2.27. The fourth-order valence-corrected chi connectivity index (χ4v) is 3.58. The molecule has 1 amide bonds. The number of carbonyl (C=O) groups excluding carboxylic acids is 1. The van der Waals surface area contributed by atoms with Crippen LogP contribution in [0.3, 0.4) is 0 Å². The summed E-state index contributed by atoms with van der Waals surface area (Å²) < 4.78 is 4.03. The zero-order valence-corrected chi connectivity index (χ0v) is 15.3. The molecule has 0 N–H and O–H groups in total. The van der Waals surface area contributed by atoms with Gasteiger partial charge in [0.2, 0.25) is 5.91 Å². The minimum atomic E-state index is 0.0565. The third-order valence-electron chi connectivity index (χ3n) is 4.99. The first-order valence-corrected chi connectivity index (χ1v) is 9.26. The topological polar surface area (TPSA) is 99.6 Å². The maximum Gasteiger partial charge on any atom is 0.246 e. The number of hydrogen-bond donors (Lipinski definition) is 0. The summed E-state index contributed by atoms with van der Waals surface area (Å²) in [5.41, 5.74) is 0. The Morgan fingerprint density at radius 1 is 1.11 bits per heavy atom. The molecule has 0 bridgehead atoms. The van der Waals surface area contributed by atoms with Crippen molar-refractivity contribution in [1.82, 2.24) is 44.4 Å². The predicted octanol–water partition coefficient (Wildman–Crippen LogP) is 0.540. The maximum atomic E-state index is 12.4. The Labute approximate surface area is 156 Å². The molecule has 1 aliphatic heterocycles. The minimum absolute atomic E-state index is 0.0565. The molecular weight excluding hydrogens is 346 g/mol. The first kappa shape index (κ1) is 17.4. The van der Waals surface area contributed by atoms with Gasteiger partial charge in [-0.05, 0) is 25.8 Å². The van der Waals surface area contributed by atoms with E-state index in [4.69, 9.17) is 0 Å². The average molecular weight is 369 g/mol. The molecule has 1 saturated heterocycles. The molecule has 4 heterocycles. The molecule has 0 saturated carbocycles. The van der Waals surface area contributed by atoms with Crippen LogP contribution in [0.1, 0.15) is 37.3 Å². The highest BCUT2D eigenvalue weighted by molar-refractivity contribution is 5.75. The van der Waals surface area contributed by atoms with Crippen molar-refractivity contribution in [1.29, 1.82) is 0 Å². The van der Waals surface area contributed by atoms with E-state index in [1.165, 1.54) is 4.80 Å². The normalized spacial score (nSPS) is 15.4. The number of likely N-dealkylation sites (tertiary alicyclic amines) is 1. The maximum absolute atomic E-state index is 12.4. The van der Waals surface area contributed by atoms with Gasteiger partial charge >= 0.3 is 0 Å². The van der Waals surface area contributed by atoms with E-state index in [1.807, 2.05) is 21.8 Å². The minimum Gasteiger partial charge on any atom is -0.341 e. The second-order valence-corrected chi connectivity index (χ2v) is 6.64.